The van der Waals surface area contributed by atoms with E-state index in [1.54, 1.807) is 12.1 Å². The smallest absolute Gasteiger partial charge is 0.123 e. The van der Waals surface area contributed by atoms with E-state index in [4.69, 9.17) is 18.0 Å². The minimum atomic E-state index is -0.240. The first kappa shape index (κ1) is 14.5. The van der Waals surface area contributed by atoms with Crippen molar-refractivity contribution in [1.29, 1.82) is 0 Å². The van der Waals surface area contributed by atoms with Gasteiger partial charge in [-0.15, -0.1) is 0 Å². The molecule has 0 fully saturated rings. The molecule has 0 spiro atoms. The van der Waals surface area contributed by atoms with Crippen LogP contribution in [0.15, 0.2) is 54.6 Å². The number of nitrogens with two attached hydrogens (primary N) is 1. The minimum absolute atomic E-state index is 0.0266. The molecule has 0 heterocycles. The van der Waals surface area contributed by atoms with Crippen molar-refractivity contribution >= 4 is 22.9 Å². The van der Waals surface area contributed by atoms with E-state index < -0.39 is 0 Å². The quantitative estimate of drug-likeness (QED) is 0.856. The standard InChI is InChI=1S/C16H17FN2S/c1-19(14-9-7-13(17)8-10-14)11-15(16(18)20)12-5-3-2-4-6-12/h2-10,15H,11H2,1H3,(H2,18,20). The molecule has 1 atom stereocenters. The summed E-state index contributed by atoms with van der Waals surface area (Å²) in [6.07, 6.45) is 0. The zero-order valence-electron chi connectivity index (χ0n) is 11.3. The van der Waals surface area contributed by atoms with Crippen LogP contribution in [0.25, 0.3) is 0 Å². The number of likely N-dealkylation sites (N-methyl/N-ethyl adjacent to an activating group) is 1. The van der Waals surface area contributed by atoms with Crippen LogP contribution in [0.4, 0.5) is 10.1 Å². The van der Waals surface area contributed by atoms with E-state index in [-0.39, 0.29) is 11.7 Å². The van der Waals surface area contributed by atoms with E-state index in [0.29, 0.717) is 11.5 Å². The molecule has 0 aliphatic heterocycles. The molecule has 0 amide bonds. The summed E-state index contributed by atoms with van der Waals surface area (Å²) >= 11 is 5.18. The molecule has 0 aliphatic carbocycles. The molecule has 0 bridgehead atoms. The van der Waals surface area contributed by atoms with Crippen molar-refractivity contribution in [3.8, 4) is 0 Å². The van der Waals surface area contributed by atoms with Crippen molar-refractivity contribution in [3.05, 3.63) is 66.0 Å². The molecule has 2 N–H and O–H groups in total. The van der Waals surface area contributed by atoms with E-state index in [9.17, 15) is 4.39 Å². The molecule has 104 valence electrons. The fourth-order valence-corrected chi connectivity index (χ4v) is 2.33. The van der Waals surface area contributed by atoms with Crippen LogP contribution < -0.4 is 10.6 Å². The molecule has 0 aliphatic rings. The minimum Gasteiger partial charge on any atom is -0.393 e. The summed E-state index contributed by atoms with van der Waals surface area (Å²) in [4.78, 5) is 2.49. The third-order valence-corrected chi connectivity index (χ3v) is 3.55. The van der Waals surface area contributed by atoms with Gasteiger partial charge in [0.1, 0.15) is 5.82 Å². The molecule has 2 aromatic carbocycles. The van der Waals surface area contributed by atoms with Crippen molar-refractivity contribution < 1.29 is 4.39 Å². The van der Waals surface area contributed by atoms with Gasteiger partial charge in [-0.05, 0) is 29.8 Å². The van der Waals surface area contributed by atoms with E-state index in [2.05, 4.69) is 0 Å². The van der Waals surface area contributed by atoms with Crippen LogP contribution in [0.2, 0.25) is 0 Å². The van der Waals surface area contributed by atoms with Gasteiger partial charge in [0.2, 0.25) is 0 Å². The molecule has 2 rings (SSSR count). The molecule has 0 saturated carbocycles. The van der Waals surface area contributed by atoms with Crippen molar-refractivity contribution in [1.82, 2.24) is 0 Å². The second-order valence-corrected chi connectivity index (χ2v) is 5.19. The molecule has 20 heavy (non-hydrogen) atoms. The molecule has 0 aromatic heterocycles. The molecule has 1 unspecified atom stereocenters. The predicted molar refractivity (Wildman–Crippen MR) is 85.6 cm³/mol. The average Bonchev–Trinajstić information content (AvgIpc) is 2.46. The van der Waals surface area contributed by atoms with Gasteiger partial charge in [0.15, 0.2) is 0 Å². The van der Waals surface area contributed by atoms with E-state index in [1.807, 2.05) is 42.3 Å². The Hall–Kier alpha value is -1.94. The molecule has 4 heteroatoms. The van der Waals surface area contributed by atoms with Gasteiger partial charge >= 0.3 is 0 Å². The highest BCUT2D eigenvalue weighted by Crippen LogP contribution is 2.21. The Bertz CT molecular complexity index is 569. The molecular formula is C16H17FN2S. The number of nitrogens with zero attached hydrogens (tertiary/aromatic N) is 1. The molecule has 2 aromatic rings. The van der Waals surface area contributed by atoms with E-state index in [0.717, 1.165) is 11.3 Å². The predicted octanol–water partition coefficient (Wildman–Crippen LogP) is 3.33. The third-order valence-electron chi connectivity index (χ3n) is 3.27. The lowest BCUT2D eigenvalue weighted by Crippen LogP contribution is -2.31. The van der Waals surface area contributed by atoms with Crippen molar-refractivity contribution in [2.75, 3.05) is 18.5 Å². The highest BCUT2D eigenvalue weighted by atomic mass is 32.1. The Morgan fingerprint density at radius 1 is 1.15 bits per heavy atom. The van der Waals surface area contributed by atoms with E-state index >= 15 is 0 Å². The summed E-state index contributed by atoms with van der Waals surface area (Å²) in [5.41, 5.74) is 7.89. The van der Waals surface area contributed by atoms with Crippen molar-refractivity contribution in [2.45, 2.75) is 5.92 Å². The summed E-state index contributed by atoms with van der Waals surface area (Å²) in [6.45, 7) is 0.658. The second kappa shape index (κ2) is 6.48. The van der Waals surface area contributed by atoms with Gasteiger partial charge in [0.05, 0.1) is 10.9 Å². The van der Waals surface area contributed by atoms with Crippen molar-refractivity contribution in [2.24, 2.45) is 5.73 Å². The number of benzene rings is 2. The number of rotatable bonds is 5. The normalized spacial score (nSPS) is 11.9. The Balaban J connectivity index is 2.16. The maximum absolute atomic E-state index is 12.9. The molecule has 2 nitrogen and oxygen atoms in total. The topological polar surface area (TPSA) is 29.3 Å². The summed E-state index contributed by atoms with van der Waals surface area (Å²) in [5, 5.41) is 0. The first-order valence-corrected chi connectivity index (χ1v) is 6.79. The average molecular weight is 288 g/mol. The number of hydrogen-bond donors (Lipinski definition) is 1. The number of halogens is 1. The van der Waals surface area contributed by atoms with Gasteiger partial charge in [0, 0.05) is 19.3 Å². The van der Waals surface area contributed by atoms with Crippen LogP contribution in [0, 0.1) is 5.82 Å². The van der Waals surface area contributed by atoms with Gasteiger partial charge < -0.3 is 10.6 Å². The summed E-state index contributed by atoms with van der Waals surface area (Å²) in [5.74, 6) is -0.266. The first-order valence-electron chi connectivity index (χ1n) is 6.39. The molecule has 0 saturated heterocycles. The monoisotopic (exact) mass is 288 g/mol. The Morgan fingerprint density at radius 2 is 1.75 bits per heavy atom. The highest BCUT2D eigenvalue weighted by molar-refractivity contribution is 7.80. The number of anilines is 1. The van der Waals surface area contributed by atoms with Crippen LogP contribution in [-0.4, -0.2) is 18.6 Å². The third kappa shape index (κ3) is 3.54. The Morgan fingerprint density at radius 3 is 2.30 bits per heavy atom. The van der Waals surface area contributed by atoms with Gasteiger partial charge in [0.25, 0.3) is 0 Å². The summed E-state index contributed by atoms with van der Waals surface area (Å²) in [7, 11) is 1.95. The summed E-state index contributed by atoms with van der Waals surface area (Å²) < 4.78 is 12.9. The highest BCUT2D eigenvalue weighted by Gasteiger charge is 2.17. The lowest BCUT2D eigenvalue weighted by atomic mass is 9.98. The Labute approximate surface area is 124 Å². The van der Waals surface area contributed by atoms with Gasteiger partial charge in [-0.2, -0.15) is 0 Å². The van der Waals surface area contributed by atoms with Crippen LogP contribution >= 0.6 is 12.2 Å². The van der Waals surface area contributed by atoms with Crippen LogP contribution in [0.3, 0.4) is 0 Å². The number of thiocarbonyl (C=S) groups is 1. The van der Waals surface area contributed by atoms with Crippen LogP contribution in [0.5, 0.6) is 0 Å². The maximum atomic E-state index is 12.9. The van der Waals surface area contributed by atoms with Crippen LogP contribution in [0.1, 0.15) is 11.5 Å². The Kier molecular flexibility index (Phi) is 4.69. The molecular weight excluding hydrogens is 271 g/mol. The maximum Gasteiger partial charge on any atom is 0.123 e. The zero-order chi connectivity index (χ0) is 14.5. The van der Waals surface area contributed by atoms with Crippen LogP contribution in [-0.2, 0) is 0 Å². The SMILES string of the molecule is CN(CC(C(N)=S)c1ccccc1)c1ccc(F)cc1. The van der Waals surface area contributed by atoms with Crippen molar-refractivity contribution in [3.63, 3.8) is 0 Å². The van der Waals surface area contributed by atoms with Gasteiger partial charge in [-0.3, -0.25) is 0 Å². The largest absolute Gasteiger partial charge is 0.393 e. The number of hydrogen-bond acceptors (Lipinski definition) is 2. The fourth-order valence-electron chi connectivity index (χ4n) is 2.12. The summed E-state index contributed by atoms with van der Waals surface area (Å²) in [6, 6.07) is 16.3. The lowest BCUT2D eigenvalue weighted by Gasteiger charge is -2.25. The first-order chi connectivity index (χ1) is 9.58. The second-order valence-electron chi connectivity index (χ2n) is 4.72. The zero-order valence-corrected chi connectivity index (χ0v) is 12.1. The van der Waals surface area contributed by atoms with E-state index in [1.165, 1.54) is 12.1 Å². The lowest BCUT2D eigenvalue weighted by molar-refractivity contribution is 0.627. The van der Waals surface area contributed by atoms with Gasteiger partial charge in [-0.25, -0.2) is 4.39 Å². The van der Waals surface area contributed by atoms with Gasteiger partial charge in [-0.1, -0.05) is 42.5 Å². The molecule has 0 radical (unpaired) electrons. The fraction of sp³-hybridized carbons (Fsp3) is 0.188.